The molecule has 2 amide bonds. The molecule has 4 nitrogen and oxygen atoms in total. The van der Waals surface area contributed by atoms with Gasteiger partial charge < -0.3 is 5.32 Å². The van der Waals surface area contributed by atoms with E-state index in [1.807, 2.05) is 26.1 Å². The molecule has 0 saturated heterocycles. The number of rotatable bonds is 6. The maximum atomic E-state index is 12.1. The van der Waals surface area contributed by atoms with Gasteiger partial charge in [0, 0.05) is 12.1 Å². The fourth-order valence-corrected chi connectivity index (χ4v) is 1.60. The topological polar surface area (TPSA) is 49.4 Å². The summed E-state index contributed by atoms with van der Waals surface area (Å²) in [6, 6.07) is 7.28. The van der Waals surface area contributed by atoms with Crippen molar-refractivity contribution in [3.8, 4) is 0 Å². The zero-order chi connectivity index (χ0) is 12.7. The molecule has 0 aliphatic carbocycles. The van der Waals surface area contributed by atoms with Gasteiger partial charge in [-0.1, -0.05) is 18.2 Å². The molecule has 17 heavy (non-hydrogen) atoms. The van der Waals surface area contributed by atoms with Crippen LogP contribution >= 0.6 is 0 Å². The molecule has 0 saturated carbocycles. The number of imide groups is 1. The summed E-state index contributed by atoms with van der Waals surface area (Å²) in [6.07, 6.45) is 1.36. The molecule has 92 valence electrons. The molecule has 0 radical (unpaired) electrons. The van der Waals surface area contributed by atoms with Gasteiger partial charge >= 0.3 is 0 Å². The summed E-state index contributed by atoms with van der Waals surface area (Å²) in [5.74, 6) is -0.228. The van der Waals surface area contributed by atoms with Gasteiger partial charge in [-0.25, -0.2) is 0 Å². The predicted molar refractivity (Wildman–Crippen MR) is 66.8 cm³/mol. The van der Waals surface area contributed by atoms with Crippen molar-refractivity contribution >= 4 is 12.3 Å². The Morgan fingerprint density at radius 2 is 2.12 bits per heavy atom. The second-order valence-corrected chi connectivity index (χ2v) is 3.88. The third-order valence-corrected chi connectivity index (χ3v) is 2.59. The van der Waals surface area contributed by atoms with Gasteiger partial charge in [0.2, 0.25) is 6.41 Å². The van der Waals surface area contributed by atoms with Gasteiger partial charge in [-0.2, -0.15) is 0 Å². The summed E-state index contributed by atoms with van der Waals surface area (Å²) in [4.78, 5) is 24.2. The second kappa shape index (κ2) is 6.81. The number of carbonyl (C=O) groups is 2. The molecule has 0 aliphatic rings. The summed E-state index contributed by atoms with van der Waals surface area (Å²) in [5, 5.41) is 2.98. The number of nitrogens with one attached hydrogen (secondary N) is 1. The summed E-state index contributed by atoms with van der Waals surface area (Å²) in [6.45, 7) is 3.09. The molecular formula is C13H18N2O2. The van der Waals surface area contributed by atoms with Crippen LogP contribution in [-0.2, 0) is 4.79 Å². The Labute approximate surface area is 102 Å². The van der Waals surface area contributed by atoms with E-state index in [0.717, 1.165) is 18.5 Å². The molecule has 1 rings (SSSR count). The molecule has 0 bridgehead atoms. The SMILES string of the molecule is CNCCCN(C=O)C(=O)c1ccccc1C. The Kier molecular flexibility index (Phi) is 5.36. The number of hydrogen-bond donors (Lipinski definition) is 1. The molecule has 0 atom stereocenters. The van der Waals surface area contributed by atoms with Gasteiger partial charge in [0.25, 0.3) is 5.91 Å². The Morgan fingerprint density at radius 1 is 1.41 bits per heavy atom. The molecule has 0 spiro atoms. The van der Waals surface area contributed by atoms with E-state index in [1.54, 1.807) is 12.1 Å². The van der Waals surface area contributed by atoms with E-state index in [4.69, 9.17) is 0 Å². The van der Waals surface area contributed by atoms with Crippen molar-refractivity contribution in [3.63, 3.8) is 0 Å². The molecule has 0 aliphatic heterocycles. The maximum absolute atomic E-state index is 12.1. The Hall–Kier alpha value is -1.68. The van der Waals surface area contributed by atoms with Crippen LogP contribution < -0.4 is 5.32 Å². The fourth-order valence-electron chi connectivity index (χ4n) is 1.60. The van der Waals surface area contributed by atoms with Crippen LogP contribution in [-0.4, -0.2) is 37.4 Å². The van der Waals surface area contributed by atoms with Crippen LogP contribution in [0.4, 0.5) is 0 Å². The van der Waals surface area contributed by atoms with E-state index in [1.165, 1.54) is 4.90 Å². The number of nitrogens with zero attached hydrogens (tertiary/aromatic N) is 1. The van der Waals surface area contributed by atoms with Crippen molar-refractivity contribution in [1.29, 1.82) is 0 Å². The van der Waals surface area contributed by atoms with Crippen molar-refractivity contribution in [2.24, 2.45) is 0 Å². The fraction of sp³-hybridized carbons (Fsp3) is 0.385. The average molecular weight is 234 g/mol. The molecule has 0 heterocycles. The van der Waals surface area contributed by atoms with Crippen molar-refractivity contribution in [2.75, 3.05) is 20.1 Å². The van der Waals surface area contributed by atoms with Crippen LogP contribution in [0.15, 0.2) is 24.3 Å². The van der Waals surface area contributed by atoms with Crippen LogP contribution in [0.25, 0.3) is 0 Å². The highest BCUT2D eigenvalue weighted by molar-refractivity contribution is 6.00. The van der Waals surface area contributed by atoms with Gasteiger partial charge in [-0.05, 0) is 38.6 Å². The largest absolute Gasteiger partial charge is 0.320 e. The standard InChI is InChI=1S/C13H18N2O2/c1-11-6-3-4-7-12(11)13(17)15(10-16)9-5-8-14-2/h3-4,6-7,10,14H,5,8-9H2,1-2H3. The lowest BCUT2D eigenvalue weighted by atomic mass is 10.1. The predicted octanol–water partition coefficient (Wildman–Crippen LogP) is 1.20. The minimum atomic E-state index is -0.228. The molecule has 1 aromatic carbocycles. The normalized spacial score (nSPS) is 10.0. The first-order valence-electron chi connectivity index (χ1n) is 5.67. The van der Waals surface area contributed by atoms with E-state index in [2.05, 4.69) is 5.32 Å². The summed E-state index contributed by atoms with van der Waals surface area (Å²) in [5.41, 5.74) is 1.47. The first-order valence-corrected chi connectivity index (χ1v) is 5.67. The lowest BCUT2D eigenvalue weighted by Gasteiger charge is -2.16. The highest BCUT2D eigenvalue weighted by atomic mass is 16.2. The van der Waals surface area contributed by atoms with Gasteiger partial charge in [-0.15, -0.1) is 0 Å². The Bertz CT molecular complexity index is 391. The summed E-state index contributed by atoms with van der Waals surface area (Å²) < 4.78 is 0. The third kappa shape index (κ3) is 3.67. The van der Waals surface area contributed by atoms with Crippen molar-refractivity contribution in [1.82, 2.24) is 10.2 Å². The van der Waals surface area contributed by atoms with Crippen LogP contribution in [0.2, 0.25) is 0 Å². The minimum Gasteiger partial charge on any atom is -0.320 e. The zero-order valence-electron chi connectivity index (χ0n) is 10.3. The van der Waals surface area contributed by atoms with Crippen molar-refractivity contribution in [2.45, 2.75) is 13.3 Å². The molecule has 0 aromatic heterocycles. The number of hydrogen-bond acceptors (Lipinski definition) is 3. The van der Waals surface area contributed by atoms with E-state index < -0.39 is 0 Å². The quantitative estimate of drug-likeness (QED) is 0.594. The minimum absolute atomic E-state index is 0.228. The highest BCUT2D eigenvalue weighted by Gasteiger charge is 2.15. The van der Waals surface area contributed by atoms with Crippen molar-refractivity contribution < 1.29 is 9.59 Å². The van der Waals surface area contributed by atoms with E-state index in [0.29, 0.717) is 18.5 Å². The monoisotopic (exact) mass is 234 g/mol. The van der Waals surface area contributed by atoms with E-state index in [-0.39, 0.29) is 5.91 Å². The van der Waals surface area contributed by atoms with Gasteiger partial charge in [0.15, 0.2) is 0 Å². The molecule has 0 fully saturated rings. The van der Waals surface area contributed by atoms with Gasteiger partial charge in [-0.3, -0.25) is 14.5 Å². The third-order valence-electron chi connectivity index (χ3n) is 2.59. The smallest absolute Gasteiger partial charge is 0.260 e. The number of carbonyl (C=O) groups excluding carboxylic acids is 2. The Morgan fingerprint density at radius 3 is 2.71 bits per heavy atom. The summed E-state index contributed by atoms with van der Waals surface area (Å²) in [7, 11) is 1.84. The molecule has 1 N–H and O–H groups in total. The highest BCUT2D eigenvalue weighted by Crippen LogP contribution is 2.09. The van der Waals surface area contributed by atoms with E-state index in [9.17, 15) is 9.59 Å². The molecule has 4 heteroatoms. The lowest BCUT2D eigenvalue weighted by molar-refractivity contribution is -0.116. The van der Waals surface area contributed by atoms with Gasteiger partial charge in [0.1, 0.15) is 0 Å². The van der Waals surface area contributed by atoms with Crippen LogP contribution in [0.3, 0.4) is 0 Å². The van der Waals surface area contributed by atoms with E-state index >= 15 is 0 Å². The second-order valence-electron chi connectivity index (χ2n) is 3.88. The lowest BCUT2D eigenvalue weighted by Crippen LogP contribution is -2.32. The maximum Gasteiger partial charge on any atom is 0.260 e. The first-order chi connectivity index (χ1) is 8.20. The average Bonchev–Trinajstić information content (AvgIpc) is 2.35. The zero-order valence-corrected chi connectivity index (χ0v) is 10.3. The number of benzene rings is 1. The number of aryl methyl sites for hydroxylation is 1. The first kappa shape index (κ1) is 13.4. The molecule has 1 aromatic rings. The van der Waals surface area contributed by atoms with Gasteiger partial charge in [0.05, 0.1) is 0 Å². The van der Waals surface area contributed by atoms with Crippen LogP contribution in [0.5, 0.6) is 0 Å². The van der Waals surface area contributed by atoms with Crippen molar-refractivity contribution in [3.05, 3.63) is 35.4 Å². The van der Waals surface area contributed by atoms with Crippen LogP contribution in [0, 0.1) is 6.92 Å². The number of amides is 2. The molecular weight excluding hydrogens is 216 g/mol. The van der Waals surface area contributed by atoms with Crippen LogP contribution in [0.1, 0.15) is 22.3 Å². The molecule has 0 unspecified atom stereocenters. The summed E-state index contributed by atoms with van der Waals surface area (Å²) >= 11 is 0. The Balaban J connectivity index is 2.72.